The van der Waals surface area contributed by atoms with E-state index in [1.165, 1.54) is 0 Å². The van der Waals surface area contributed by atoms with Crippen molar-refractivity contribution >= 4 is 23.3 Å². The Labute approximate surface area is 112 Å². The number of hydrogen-bond donors (Lipinski definition) is 2. The van der Waals surface area contributed by atoms with E-state index in [9.17, 15) is 9.59 Å². The van der Waals surface area contributed by atoms with Crippen molar-refractivity contribution < 1.29 is 9.59 Å². The Balaban J connectivity index is 2.29. The normalized spacial score (nSPS) is 19.3. The van der Waals surface area contributed by atoms with Crippen molar-refractivity contribution in [2.75, 3.05) is 23.3 Å². The van der Waals surface area contributed by atoms with Crippen molar-refractivity contribution in [1.29, 1.82) is 0 Å². The van der Waals surface area contributed by atoms with Gasteiger partial charge in [-0.15, -0.1) is 0 Å². The molecule has 2 rings (SSSR count). The summed E-state index contributed by atoms with van der Waals surface area (Å²) in [5, 5.41) is 5.49. The van der Waals surface area contributed by atoms with Gasteiger partial charge >= 0.3 is 0 Å². The predicted octanol–water partition coefficient (Wildman–Crippen LogP) is 0.755. The number of aromatic nitrogens is 1. The van der Waals surface area contributed by atoms with Gasteiger partial charge in [0.05, 0.1) is 6.54 Å². The highest BCUT2D eigenvalue weighted by molar-refractivity contribution is 6.04. The standard InChI is InChI=1S/C13H18N4O2/c1-3-10-13(19)16-12(18)8-17(10)9-5-6-15-11(7-9)14-4-2/h5-7,10H,3-4,8H2,1-2H3,(H,14,15)(H,16,18,19). The van der Waals surface area contributed by atoms with E-state index in [1.807, 2.05) is 30.9 Å². The molecule has 6 nitrogen and oxygen atoms in total. The number of hydrogen-bond acceptors (Lipinski definition) is 5. The summed E-state index contributed by atoms with van der Waals surface area (Å²) in [4.78, 5) is 29.4. The highest BCUT2D eigenvalue weighted by Gasteiger charge is 2.32. The average molecular weight is 262 g/mol. The van der Waals surface area contributed by atoms with Gasteiger partial charge in [0.2, 0.25) is 11.8 Å². The zero-order valence-corrected chi connectivity index (χ0v) is 11.1. The van der Waals surface area contributed by atoms with E-state index in [2.05, 4.69) is 15.6 Å². The minimum Gasteiger partial charge on any atom is -0.370 e. The maximum Gasteiger partial charge on any atom is 0.249 e. The highest BCUT2D eigenvalue weighted by Crippen LogP contribution is 2.22. The quantitative estimate of drug-likeness (QED) is 0.783. The molecular formula is C13H18N4O2. The molecule has 2 N–H and O–H groups in total. The molecule has 1 unspecified atom stereocenters. The molecule has 19 heavy (non-hydrogen) atoms. The Morgan fingerprint density at radius 3 is 2.95 bits per heavy atom. The molecule has 2 heterocycles. The third kappa shape index (κ3) is 2.83. The number of imide groups is 1. The summed E-state index contributed by atoms with van der Waals surface area (Å²) in [6.07, 6.45) is 2.33. The van der Waals surface area contributed by atoms with Crippen LogP contribution in [0.4, 0.5) is 11.5 Å². The van der Waals surface area contributed by atoms with E-state index >= 15 is 0 Å². The number of piperazine rings is 1. The minimum atomic E-state index is -0.311. The smallest absolute Gasteiger partial charge is 0.249 e. The second-order valence-electron chi connectivity index (χ2n) is 4.39. The number of carbonyl (C=O) groups excluding carboxylic acids is 2. The predicted molar refractivity (Wildman–Crippen MR) is 73.0 cm³/mol. The van der Waals surface area contributed by atoms with Crippen molar-refractivity contribution in [3.63, 3.8) is 0 Å². The number of rotatable bonds is 4. The monoisotopic (exact) mass is 262 g/mol. The summed E-state index contributed by atoms with van der Waals surface area (Å²) in [6, 6.07) is 3.36. The molecule has 1 aliphatic heterocycles. The number of pyridine rings is 1. The minimum absolute atomic E-state index is 0.194. The maximum absolute atomic E-state index is 11.8. The van der Waals surface area contributed by atoms with E-state index in [0.717, 1.165) is 18.1 Å². The van der Waals surface area contributed by atoms with Gasteiger partial charge in [-0.2, -0.15) is 0 Å². The molecule has 0 radical (unpaired) electrons. The van der Waals surface area contributed by atoms with Crippen LogP contribution in [0.1, 0.15) is 20.3 Å². The molecule has 1 atom stereocenters. The third-order valence-electron chi connectivity index (χ3n) is 3.08. The number of amides is 2. The van der Waals surface area contributed by atoms with Gasteiger partial charge in [0.15, 0.2) is 0 Å². The largest absolute Gasteiger partial charge is 0.370 e. The molecule has 0 spiro atoms. The molecule has 0 saturated carbocycles. The lowest BCUT2D eigenvalue weighted by atomic mass is 10.1. The lowest BCUT2D eigenvalue weighted by Crippen LogP contribution is -2.58. The topological polar surface area (TPSA) is 74.3 Å². The first-order valence-electron chi connectivity index (χ1n) is 6.46. The van der Waals surface area contributed by atoms with Crippen molar-refractivity contribution in [1.82, 2.24) is 10.3 Å². The van der Waals surface area contributed by atoms with E-state index in [4.69, 9.17) is 0 Å². The fourth-order valence-electron chi connectivity index (χ4n) is 2.22. The van der Waals surface area contributed by atoms with Crippen molar-refractivity contribution in [3.8, 4) is 0 Å². The average Bonchev–Trinajstić information content (AvgIpc) is 2.38. The van der Waals surface area contributed by atoms with E-state index < -0.39 is 0 Å². The van der Waals surface area contributed by atoms with Crippen LogP contribution in [-0.2, 0) is 9.59 Å². The molecular weight excluding hydrogens is 244 g/mol. The van der Waals surface area contributed by atoms with E-state index in [1.54, 1.807) is 6.20 Å². The first-order chi connectivity index (χ1) is 9.15. The third-order valence-corrected chi connectivity index (χ3v) is 3.08. The molecule has 1 fully saturated rings. The summed E-state index contributed by atoms with van der Waals surface area (Å²) >= 11 is 0. The molecule has 1 aromatic heterocycles. The van der Waals surface area contributed by atoms with E-state index in [0.29, 0.717) is 6.42 Å². The molecule has 1 saturated heterocycles. The van der Waals surface area contributed by atoms with Gasteiger partial charge in [0.1, 0.15) is 11.9 Å². The van der Waals surface area contributed by atoms with Crippen LogP contribution < -0.4 is 15.5 Å². The van der Waals surface area contributed by atoms with Crippen LogP contribution in [0.25, 0.3) is 0 Å². The summed E-state index contributed by atoms with van der Waals surface area (Å²) in [5.74, 6) is 0.241. The van der Waals surface area contributed by atoms with Gasteiger partial charge in [-0.05, 0) is 19.4 Å². The van der Waals surface area contributed by atoms with Gasteiger partial charge in [-0.25, -0.2) is 4.98 Å². The summed E-state index contributed by atoms with van der Waals surface area (Å²) in [6.45, 7) is 4.88. The summed E-state index contributed by atoms with van der Waals surface area (Å²) in [5.41, 5.74) is 0.834. The Bertz CT molecular complexity index is 489. The first-order valence-corrected chi connectivity index (χ1v) is 6.46. The molecule has 0 bridgehead atoms. The van der Waals surface area contributed by atoms with Crippen LogP contribution in [0, 0.1) is 0 Å². The van der Waals surface area contributed by atoms with Crippen molar-refractivity contribution in [3.05, 3.63) is 18.3 Å². The second-order valence-corrected chi connectivity index (χ2v) is 4.39. The van der Waals surface area contributed by atoms with Gasteiger partial charge in [-0.3, -0.25) is 14.9 Å². The van der Waals surface area contributed by atoms with Crippen molar-refractivity contribution in [2.45, 2.75) is 26.3 Å². The molecule has 0 aromatic carbocycles. The summed E-state index contributed by atoms with van der Waals surface area (Å²) < 4.78 is 0. The zero-order chi connectivity index (χ0) is 13.8. The Morgan fingerprint density at radius 1 is 1.47 bits per heavy atom. The lowest BCUT2D eigenvalue weighted by molar-refractivity contribution is -0.132. The zero-order valence-electron chi connectivity index (χ0n) is 11.1. The second kappa shape index (κ2) is 5.69. The summed E-state index contributed by atoms with van der Waals surface area (Å²) in [7, 11) is 0. The number of nitrogens with one attached hydrogen (secondary N) is 2. The van der Waals surface area contributed by atoms with Gasteiger partial charge < -0.3 is 10.2 Å². The fraction of sp³-hybridized carbons (Fsp3) is 0.462. The van der Waals surface area contributed by atoms with Crippen LogP contribution in [0.3, 0.4) is 0 Å². The Kier molecular flexibility index (Phi) is 3.99. The van der Waals surface area contributed by atoms with Gasteiger partial charge in [-0.1, -0.05) is 6.92 Å². The molecule has 102 valence electrons. The molecule has 1 aromatic rings. The van der Waals surface area contributed by atoms with E-state index in [-0.39, 0.29) is 24.4 Å². The van der Waals surface area contributed by atoms with Crippen molar-refractivity contribution in [2.24, 2.45) is 0 Å². The van der Waals surface area contributed by atoms with Crippen LogP contribution in [0.2, 0.25) is 0 Å². The van der Waals surface area contributed by atoms with Gasteiger partial charge in [0.25, 0.3) is 0 Å². The Hall–Kier alpha value is -2.11. The molecule has 2 amide bonds. The number of nitrogens with zero attached hydrogens (tertiary/aromatic N) is 2. The molecule has 6 heteroatoms. The molecule has 0 aliphatic carbocycles. The first kappa shape index (κ1) is 13.3. The highest BCUT2D eigenvalue weighted by atomic mass is 16.2. The Morgan fingerprint density at radius 2 is 2.26 bits per heavy atom. The van der Waals surface area contributed by atoms with Gasteiger partial charge in [0, 0.05) is 24.5 Å². The maximum atomic E-state index is 11.8. The van der Waals surface area contributed by atoms with Crippen LogP contribution >= 0.6 is 0 Å². The van der Waals surface area contributed by atoms with Crippen LogP contribution in [0.5, 0.6) is 0 Å². The number of anilines is 2. The number of carbonyl (C=O) groups is 2. The molecule has 1 aliphatic rings. The van der Waals surface area contributed by atoms with Crippen LogP contribution in [0.15, 0.2) is 18.3 Å². The lowest BCUT2D eigenvalue weighted by Gasteiger charge is -2.35. The fourth-order valence-corrected chi connectivity index (χ4v) is 2.22. The van der Waals surface area contributed by atoms with Crippen LogP contribution in [-0.4, -0.2) is 35.9 Å². The SMILES string of the molecule is CCNc1cc(N2CC(=O)NC(=O)C2CC)ccn1.